The number of rotatable bonds is 2. The third-order valence-corrected chi connectivity index (χ3v) is 5.34. The number of nitrogens with zero attached hydrogens (tertiary/aromatic N) is 3. The van der Waals surface area contributed by atoms with E-state index in [1.54, 1.807) is 0 Å². The predicted molar refractivity (Wildman–Crippen MR) is 76.8 cm³/mol. The van der Waals surface area contributed by atoms with Crippen LogP contribution in [0, 0.1) is 24.2 Å². The third-order valence-electron chi connectivity index (χ3n) is 4.34. The SMILES string of the molecule is Cc1nsc(N2CCC(C3(C)OCCO3)CC2)c1C#N. The second kappa shape index (κ2) is 5.32. The number of hydrogen-bond donors (Lipinski definition) is 0. The van der Waals surface area contributed by atoms with E-state index in [1.807, 2.05) is 6.92 Å². The molecule has 0 unspecified atom stereocenters. The van der Waals surface area contributed by atoms with Crippen LogP contribution >= 0.6 is 11.5 Å². The lowest BCUT2D eigenvalue weighted by molar-refractivity contribution is -0.185. The molecule has 0 aromatic carbocycles. The van der Waals surface area contributed by atoms with Gasteiger partial charge >= 0.3 is 0 Å². The van der Waals surface area contributed by atoms with E-state index in [-0.39, 0.29) is 0 Å². The molecule has 0 saturated carbocycles. The zero-order chi connectivity index (χ0) is 14.2. The van der Waals surface area contributed by atoms with E-state index in [2.05, 4.69) is 22.3 Å². The highest BCUT2D eigenvalue weighted by molar-refractivity contribution is 7.10. The maximum absolute atomic E-state index is 9.23. The largest absolute Gasteiger partial charge is 0.361 e. The van der Waals surface area contributed by atoms with Crippen molar-refractivity contribution in [3.63, 3.8) is 0 Å². The Balaban J connectivity index is 1.68. The summed E-state index contributed by atoms with van der Waals surface area (Å²) in [5, 5.41) is 10.3. The van der Waals surface area contributed by atoms with Crippen molar-refractivity contribution < 1.29 is 9.47 Å². The lowest BCUT2D eigenvalue weighted by atomic mass is 9.89. The molecule has 0 spiro atoms. The lowest BCUT2D eigenvalue weighted by Crippen LogP contribution is -2.44. The van der Waals surface area contributed by atoms with E-state index < -0.39 is 5.79 Å². The molecule has 6 heteroatoms. The van der Waals surface area contributed by atoms with Crippen molar-refractivity contribution in [1.82, 2.24) is 4.37 Å². The van der Waals surface area contributed by atoms with Crippen molar-refractivity contribution in [3.05, 3.63) is 11.3 Å². The van der Waals surface area contributed by atoms with Gasteiger partial charge in [0.1, 0.15) is 16.6 Å². The molecule has 0 atom stereocenters. The van der Waals surface area contributed by atoms with Crippen LogP contribution in [-0.2, 0) is 9.47 Å². The van der Waals surface area contributed by atoms with Gasteiger partial charge in [0.15, 0.2) is 5.79 Å². The van der Waals surface area contributed by atoms with Crippen LogP contribution in [0.15, 0.2) is 0 Å². The number of aryl methyl sites for hydroxylation is 1. The number of aromatic nitrogens is 1. The Bertz CT molecular complexity index is 523. The molecule has 0 aliphatic carbocycles. The minimum absolute atomic E-state index is 0.409. The van der Waals surface area contributed by atoms with Gasteiger partial charge < -0.3 is 14.4 Å². The van der Waals surface area contributed by atoms with Crippen molar-refractivity contribution in [2.45, 2.75) is 32.5 Å². The monoisotopic (exact) mass is 293 g/mol. The first kappa shape index (κ1) is 13.8. The Morgan fingerprint density at radius 3 is 2.60 bits per heavy atom. The maximum atomic E-state index is 9.23. The van der Waals surface area contributed by atoms with E-state index in [9.17, 15) is 5.26 Å². The summed E-state index contributed by atoms with van der Waals surface area (Å²) >= 11 is 1.43. The highest BCUT2D eigenvalue weighted by Crippen LogP contribution is 2.37. The number of piperidine rings is 1. The van der Waals surface area contributed by atoms with Crippen LogP contribution in [0.25, 0.3) is 0 Å². The quantitative estimate of drug-likeness (QED) is 0.837. The number of hydrogen-bond acceptors (Lipinski definition) is 6. The van der Waals surface area contributed by atoms with Crippen molar-refractivity contribution in [2.75, 3.05) is 31.2 Å². The Morgan fingerprint density at radius 2 is 2.00 bits per heavy atom. The molecule has 0 N–H and O–H groups in total. The molecule has 2 saturated heterocycles. The molecule has 20 heavy (non-hydrogen) atoms. The number of anilines is 1. The molecule has 0 radical (unpaired) electrons. The summed E-state index contributed by atoms with van der Waals surface area (Å²) in [5.74, 6) is 0.0223. The Labute approximate surface area is 123 Å². The van der Waals surface area contributed by atoms with Gasteiger partial charge in [-0.3, -0.25) is 0 Å². The average Bonchev–Trinajstić information content (AvgIpc) is 3.06. The topological polar surface area (TPSA) is 58.4 Å². The fraction of sp³-hybridized carbons (Fsp3) is 0.714. The van der Waals surface area contributed by atoms with Crippen molar-refractivity contribution in [3.8, 4) is 6.07 Å². The van der Waals surface area contributed by atoms with E-state index in [0.29, 0.717) is 19.1 Å². The second-order valence-corrected chi connectivity index (χ2v) is 6.29. The summed E-state index contributed by atoms with van der Waals surface area (Å²) in [7, 11) is 0. The minimum atomic E-state index is -0.409. The molecular weight excluding hydrogens is 274 g/mol. The first-order chi connectivity index (χ1) is 9.64. The van der Waals surface area contributed by atoms with E-state index in [4.69, 9.17) is 9.47 Å². The highest BCUT2D eigenvalue weighted by atomic mass is 32.1. The highest BCUT2D eigenvalue weighted by Gasteiger charge is 2.41. The van der Waals surface area contributed by atoms with E-state index >= 15 is 0 Å². The van der Waals surface area contributed by atoms with Crippen molar-refractivity contribution in [1.29, 1.82) is 5.26 Å². The Morgan fingerprint density at radius 1 is 1.35 bits per heavy atom. The molecule has 3 heterocycles. The van der Waals surface area contributed by atoms with Crippen molar-refractivity contribution >= 4 is 16.5 Å². The first-order valence-electron chi connectivity index (χ1n) is 7.03. The smallest absolute Gasteiger partial charge is 0.168 e. The standard InChI is InChI=1S/C14H19N3O2S/c1-10-12(9-15)13(20-16-10)17-5-3-11(4-6-17)14(2)18-7-8-19-14/h11H,3-8H2,1-2H3. The van der Waals surface area contributed by atoms with Crippen molar-refractivity contribution in [2.24, 2.45) is 5.92 Å². The summed E-state index contributed by atoms with van der Waals surface area (Å²) in [5.41, 5.74) is 1.57. The molecule has 2 fully saturated rings. The van der Waals surface area contributed by atoms with Gasteiger partial charge in [-0.25, -0.2) is 0 Å². The van der Waals surface area contributed by atoms with Gasteiger partial charge in [-0.15, -0.1) is 0 Å². The Kier molecular flexibility index (Phi) is 3.67. The molecule has 1 aromatic rings. The molecule has 0 bridgehead atoms. The van der Waals surface area contributed by atoms with Crippen LogP contribution in [0.1, 0.15) is 31.0 Å². The first-order valence-corrected chi connectivity index (χ1v) is 7.80. The predicted octanol–water partition coefficient (Wildman–Crippen LogP) is 2.30. The minimum Gasteiger partial charge on any atom is -0.361 e. The second-order valence-electron chi connectivity index (χ2n) is 5.53. The van der Waals surface area contributed by atoms with Gasteiger partial charge in [-0.05, 0) is 38.2 Å². The van der Waals surface area contributed by atoms with Crippen LogP contribution in [0.4, 0.5) is 5.00 Å². The average molecular weight is 293 g/mol. The molecule has 3 rings (SSSR count). The van der Waals surface area contributed by atoms with Gasteiger partial charge in [0, 0.05) is 19.0 Å². The van der Waals surface area contributed by atoms with Gasteiger partial charge in [0.05, 0.1) is 18.9 Å². The zero-order valence-electron chi connectivity index (χ0n) is 11.9. The number of ether oxygens (including phenoxy) is 2. The summed E-state index contributed by atoms with van der Waals surface area (Å²) in [6.07, 6.45) is 2.05. The van der Waals surface area contributed by atoms with Crippen LogP contribution in [-0.4, -0.2) is 36.5 Å². The third kappa shape index (κ3) is 2.30. The van der Waals surface area contributed by atoms with Gasteiger partial charge in [0.2, 0.25) is 0 Å². The van der Waals surface area contributed by atoms with Crippen LogP contribution in [0.5, 0.6) is 0 Å². The van der Waals surface area contributed by atoms with Gasteiger partial charge in [-0.1, -0.05) is 0 Å². The zero-order valence-corrected chi connectivity index (χ0v) is 12.7. The summed E-state index contributed by atoms with van der Waals surface area (Å²) in [6.45, 7) is 7.21. The Hall–Kier alpha value is -1.16. The molecule has 1 aromatic heterocycles. The normalized spacial score (nSPS) is 22.9. The molecule has 5 nitrogen and oxygen atoms in total. The molecule has 2 aliphatic heterocycles. The fourth-order valence-corrected chi connectivity index (χ4v) is 3.97. The fourth-order valence-electron chi connectivity index (χ4n) is 3.08. The molecule has 2 aliphatic rings. The van der Waals surface area contributed by atoms with Crippen LogP contribution in [0.3, 0.4) is 0 Å². The maximum Gasteiger partial charge on any atom is 0.168 e. The van der Waals surface area contributed by atoms with Crippen LogP contribution < -0.4 is 4.90 Å². The van der Waals surface area contributed by atoms with E-state index in [0.717, 1.165) is 42.2 Å². The van der Waals surface area contributed by atoms with Gasteiger partial charge in [-0.2, -0.15) is 9.64 Å². The molecule has 108 valence electrons. The number of nitriles is 1. The molecular formula is C14H19N3O2S. The summed E-state index contributed by atoms with van der Waals surface area (Å²) < 4.78 is 15.8. The lowest BCUT2D eigenvalue weighted by Gasteiger charge is -2.39. The summed E-state index contributed by atoms with van der Waals surface area (Å²) in [4.78, 5) is 2.28. The summed E-state index contributed by atoms with van der Waals surface area (Å²) in [6, 6.07) is 2.27. The molecule has 0 amide bonds. The van der Waals surface area contributed by atoms with E-state index in [1.165, 1.54) is 11.5 Å². The van der Waals surface area contributed by atoms with Gasteiger partial charge in [0.25, 0.3) is 0 Å². The van der Waals surface area contributed by atoms with Crippen LogP contribution in [0.2, 0.25) is 0 Å².